The number of rotatable bonds is 5. The fourth-order valence-electron chi connectivity index (χ4n) is 2.15. The van der Waals surface area contributed by atoms with Crippen molar-refractivity contribution in [1.82, 2.24) is 25.2 Å². The number of aromatic nitrogens is 5. The maximum Gasteiger partial charge on any atom is 0.326 e. The van der Waals surface area contributed by atoms with Crippen LogP contribution < -0.4 is 0 Å². The van der Waals surface area contributed by atoms with Crippen LogP contribution in [0.4, 0.5) is 5.00 Å². The molecule has 0 spiro atoms. The standard InChI is InChI=1S/C13H8N6O4S4/c1-27(22,23)7-2-3-8-9(6-7)24-13(14-8)26-12-15-16-17-18(12)10-4-5-11(25-10)19(20)21/h2-6H,1H3. The van der Waals surface area contributed by atoms with Crippen LogP contribution in [-0.2, 0) is 9.84 Å². The molecule has 0 N–H and O–H groups in total. The van der Waals surface area contributed by atoms with E-state index in [2.05, 4.69) is 20.5 Å². The first-order valence-corrected chi connectivity index (χ1v) is 11.5. The van der Waals surface area contributed by atoms with Crippen LogP contribution in [0.25, 0.3) is 15.2 Å². The quantitative estimate of drug-likeness (QED) is 0.339. The van der Waals surface area contributed by atoms with E-state index in [1.165, 1.54) is 39.9 Å². The van der Waals surface area contributed by atoms with Crippen molar-refractivity contribution in [3.63, 3.8) is 0 Å². The molecule has 4 rings (SSSR count). The SMILES string of the molecule is CS(=O)(=O)c1ccc2nc(Sc3nnnn3-c3ccc([N+](=O)[O-])s3)sc2c1. The van der Waals surface area contributed by atoms with Gasteiger partial charge in [-0.1, -0.05) is 0 Å². The van der Waals surface area contributed by atoms with Crippen LogP contribution >= 0.6 is 34.4 Å². The summed E-state index contributed by atoms with van der Waals surface area (Å²) in [7, 11) is -3.30. The van der Waals surface area contributed by atoms with E-state index >= 15 is 0 Å². The smallest absolute Gasteiger partial charge is 0.258 e. The summed E-state index contributed by atoms with van der Waals surface area (Å²) in [5.41, 5.74) is 0.667. The third-order valence-electron chi connectivity index (χ3n) is 3.35. The van der Waals surface area contributed by atoms with Crippen molar-refractivity contribution in [3.05, 3.63) is 40.4 Å². The summed E-state index contributed by atoms with van der Waals surface area (Å²) >= 11 is 3.47. The van der Waals surface area contributed by atoms with Crippen LogP contribution in [0.5, 0.6) is 0 Å². The van der Waals surface area contributed by atoms with Gasteiger partial charge in [0.15, 0.2) is 14.2 Å². The first kappa shape index (κ1) is 18.0. The second-order valence-electron chi connectivity index (χ2n) is 5.23. The third kappa shape index (κ3) is 3.55. The van der Waals surface area contributed by atoms with Gasteiger partial charge in [0.05, 0.1) is 20.0 Å². The Morgan fingerprint density at radius 3 is 2.74 bits per heavy atom. The van der Waals surface area contributed by atoms with Crippen molar-refractivity contribution in [2.75, 3.05) is 6.26 Å². The van der Waals surface area contributed by atoms with E-state index in [4.69, 9.17) is 0 Å². The highest BCUT2D eigenvalue weighted by Crippen LogP contribution is 2.36. The van der Waals surface area contributed by atoms with Crippen molar-refractivity contribution >= 4 is 59.5 Å². The Morgan fingerprint density at radius 1 is 1.22 bits per heavy atom. The van der Waals surface area contributed by atoms with Crippen LogP contribution in [0.15, 0.2) is 44.7 Å². The maximum atomic E-state index is 11.7. The van der Waals surface area contributed by atoms with Gasteiger partial charge < -0.3 is 0 Å². The maximum absolute atomic E-state index is 11.7. The Morgan fingerprint density at radius 2 is 2.04 bits per heavy atom. The normalized spacial score (nSPS) is 11.9. The Hall–Kier alpha value is -2.42. The number of hydrogen-bond donors (Lipinski definition) is 0. The summed E-state index contributed by atoms with van der Waals surface area (Å²) in [6.07, 6.45) is 1.15. The van der Waals surface area contributed by atoms with Gasteiger partial charge in [-0.25, -0.2) is 13.4 Å². The van der Waals surface area contributed by atoms with Crippen LogP contribution in [-0.4, -0.2) is 44.8 Å². The summed E-state index contributed by atoms with van der Waals surface area (Å²) < 4.78 is 26.1. The summed E-state index contributed by atoms with van der Waals surface area (Å²) in [6, 6.07) is 7.71. The molecule has 4 aromatic rings. The van der Waals surface area contributed by atoms with Gasteiger partial charge in [-0.15, -0.1) is 16.4 Å². The molecule has 0 bridgehead atoms. The van der Waals surface area contributed by atoms with Crippen molar-refractivity contribution in [2.45, 2.75) is 14.4 Å². The molecule has 0 amide bonds. The summed E-state index contributed by atoms with van der Waals surface area (Å²) in [4.78, 5) is 15.1. The van der Waals surface area contributed by atoms with Crippen molar-refractivity contribution in [3.8, 4) is 5.00 Å². The van der Waals surface area contributed by atoms with Gasteiger partial charge >= 0.3 is 5.00 Å². The van der Waals surface area contributed by atoms with Crippen LogP contribution in [0.1, 0.15) is 0 Å². The lowest BCUT2D eigenvalue weighted by Crippen LogP contribution is -1.95. The number of thiazole rings is 1. The highest BCUT2D eigenvalue weighted by atomic mass is 32.2. The van der Waals surface area contributed by atoms with Crippen molar-refractivity contribution < 1.29 is 13.3 Å². The first-order chi connectivity index (χ1) is 12.8. The summed E-state index contributed by atoms with van der Waals surface area (Å²) in [5, 5.41) is 23.2. The minimum atomic E-state index is -3.30. The third-order valence-corrected chi connectivity index (χ3v) is 7.49. The topological polar surface area (TPSA) is 134 Å². The average Bonchev–Trinajstić information content (AvgIpc) is 3.31. The van der Waals surface area contributed by atoms with E-state index in [9.17, 15) is 18.5 Å². The van der Waals surface area contributed by atoms with Gasteiger partial charge in [-0.2, -0.15) is 4.68 Å². The minimum absolute atomic E-state index is 0.00950. The molecule has 0 unspecified atom stereocenters. The Labute approximate surface area is 163 Å². The number of nitro groups is 1. The number of fused-ring (bicyclic) bond motifs is 1. The molecular formula is C13H8N6O4S4. The van der Waals surface area contributed by atoms with Crippen molar-refractivity contribution in [2.24, 2.45) is 0 Å². The minimum Gasteiger partial charge on any atom is -0.258 e. The molecule has 0 aliphatic carbocycles. The van der Waals surface area contributed by atoms with E-state index in [0.29, 0.717) is 20.0 Å². The lowest BCUT2D eigenvalue weighted by atomic mass is 10.3. The van der Waals surface area contributed by atoms with Crippen molar-refractivity contribution in [1.29, 1.82) is 0 Å². The van der Waals surface area contributed by atoms with E-state index in [1.807, 2.05) is 0 Å². The number of tetrazole rings is 1. The van der Waals surface area contributed by atoms with E-state index in [1.54, 1.807) is 18.2 Å². The molecule has 0 saturated carbocycles. The molecule has 1 aromatic carbocycles. The number of hydrogen-bond acceptors (Lipinski definition) is 11. The molecule has 3 heterocycles. The van der Waals surface area contributed by atoms with Gasteiger partial charge in [0, 0.05) is 12.3 Å². The zero-order valence-electron chi connectivity index (χ0n) is 13.3. The van der Waals surface area contributed by atoms with Gasteiger partial charge in [0.25, 0.3) is 0 Å². The molecule has 0 fully saturated rings. The highest BCUT2D eigenvalue weighted by molar-refractivity contribution is 8.01. The van der Waals surface area contributed by atoms with E-state index in [-0.39, 0.29) is 9.90 Å². The molecule has 14 heteroatoms. The highest BCUT2D eigenvalue weighted by Gasteiger charge is 2.18. The van der Waals surface area contributed by atoms with E-state index in [0.717, 1.165) is 22.3 Å². The molecule has 27 heavy (non-hydrogen) atoms. The number of benzene rings is 1. The molecule has 0 saturated heterocycles. The largest absolute Gasteiger partial charge is 0.326 e. The second-order valence-corrected chi connectivity index (χ2v) is 10.5. The van der Waals surface area contributed by atoms with Gasteiger partial charge in [0.1, 0.15) is 5.00 Å². The molecular weight excluding hydrogens is 432 g/mol. The monoisotopic (exact) mass is 440 g/mol. The zero-order chi connectivity index (χ0) is 19.2. The molecule has 138 valence electrons. The van der Waals surface area contributed by atoms with E-state index < -0.39 is 14.8 Å². The number of sulfone groups is 1. The number of nitrogens with zero attached hydrogens (tertiary/aromatic N) is 6. The van der Waals surface area contributed by atoms with Gasteiger partial charge in [-0.3, -0.25) is 10.1 Å². The molecule has 0 radical (unpaired) electrons. The predicted molar refractivity (Wildman–Crippen MR) is 101 cm³/mol. The molecule has 0 aliphatic rings. The summed E-state index contributed by atoms with van der Waals surface area (Å²) in [5.74, 6) is 0. The molecule has 10 nitrogen and oxygen atoms in total. The second kappa shape index (κ2) is 6.63. The molecule has 0 aliphatic heterocycles. The Balaban J connectivity index is 1.67. The lowest BCUT2D eigenvalue weighted by Gasteiger charge is -1.97. The van der Waals surface area contributed by atoms with Gasteiger partial charge in [-0.05, 0) is 57.8 Å². The van der Waals surface area contributed by atoms with Gasteiger partial charge in [0.2, 0.25) is 5.16 Å². The fraction of sp³-hybridized carbons (Fsp3) is 0.0769. The number of thiophene rings is 1. The average molecular weight is 441 g/mol. The molecule has 3 aromatic heterocycles. The Bertz CT molecular complexity index is 1270. The predicted octanol–water partition coefficient (Wildman–Crippen LogP) is 2.80. The summed E-state index contributed by atoms with van der Waals surface area (Å²) in [6.45, 7) is 0. The molecule has 0 atom stereocenters. The lowest BCUT2D eigenvalue weighted by molar-refractivity contribution is -0.380. The first-order valence-electron chi connectivity index (χ1n) is 7.13. The van der Waals surface area contributed by atoms with Crippen LogP contribution in [0.3, 0.4) is 0 Å². The van der Waals surface area contributed by atoms with Crippen LogP contribution in [0.2, 0.25) is 0 Å². The zero-order valence-corrected chi connectivity index (χ0v) is 16.6. The Kier molecular flexibility index (Phi) is 4.41. The van der Waals surface area contributed by atoms with Crippen LogP contribution in [0, 0.1) is 10.1 Å². The fourth-order valence-corrected chi connectivity index (χ4v) is 5.69.